The molecule has 0 bridgehead atoms. The number of hydrogen-bond acceptors (Lipinski definition) is 3. The van der Waals surface area contributed by atoms with Crippen LogP contribution in [-0.4, -0.2) is 29.2 Å². The summed E-state index contributed by atoms with van der Waals surface area (Å²) in [4.78, 5) is 13.8. The number of rotatable bonds is 1. The number of halogens is 1. The Morgan fingerprint density at radius 1 is 1.45 bits per heavy atom. The van der Waals surface area contributed by atoms with Crippen molar-refractivity contribution in [1.29, 1.82) is 0 Å². The van der Waals surface area contributed by atoms with E-state index < -0.39 is 11.7 Å². The third-order valence-electron chi connectivity index (χ3n) is 3.26. The summed E-state index contributed by atoms with van der Waals surface area (Å²) in [5, 5.41) is 0. The second-order valence-electron chi connectivity index (χ2n) is 6.13. The molecule has 110 valence electrons. The number of ether oxygens (including phenoxy) is 1. The highest BCUT2D eigenvalue weighted by atomic mass is 19.1. The summed E-state index contributed by atoms with van der Waals surface area (Å²) in [6.07, 6.45) is 0.278. The minimum absolute atomic E-state index is 0.204. The van der Waals surface area contributed by atoms with Crippen molar-refractivity contribution in [3.8, 4) is 0 Å². The van der Waals surface area contributed by atoms with Crippen LogP contribution >= 0.6 is 0 Å². The lowest BCUT2D eigenvalue weighted by Gasteiger charge is -2.30. The zero-order chi connectivity index (χ0) is 14.9. The van der Waals surface area contributed by atoms with Gasteiger partial charge in [0, 0.05) is 12.6 Å². The predicted octanol–water partition coefficient (Wildman–Crippen LogP) is 2.83. The Balaban J connectivity index is 2.23. The van der Waals surface area contributed by atoms with Gasteiger partial charge in [-0.2, -0.15) is 0 Å². The Hall–Kier alpha value is -1.62. The third-order valence-corrected chi connectivity index (χ3v) is 3.26. The fraction of sp³-hybridized carbons (Fsp3) is 0.533. The van der Waals surface area contributed by atoms with Gasteiger partial charge in [0.2, 0.25) is 0 Å². The highest BCUT2D eigenvalue weighted by Crippen LogP contribution is 2.32. The summed E-state index contributed by atoms with van der Waals surface area (Å²) < 4.78 is 18.8. The lowest BCUT2D eigenvalue weighted by molar-refractivity contribution is 0.0218. The Bertz CT molecular complexity index is 499. The fourth-order valence-electron chi connectivity index (χ4n) is 2.46. The second-order valence-corrected chi connectivity index (χ2v) is 6.13. The topological polar surface area (TPSA) is 55.6 Å². The Labute approximate surface area is 118 Å². The molecule has 2 atom stereocenters. The normalized spacial score (nSPS) is 22.9. The predicted molar refractivity (Wildman–Crippen MR) is 74.7 cm³/mol. The highest BCUT2D eigenvalue weighted by molar-refractivity contribution is 5.69. The number of nitrogens with two attached hydrogens (primary N) is 1. The maximum absolute atomic E-state index is 13.4. The van der Waals surface area contributed by atoms with Crippen LogP contribution in [0.2, 0.25) is 0 Å². The molecule has 4 nitrogen and oxygen atoms in total. The number of benzene rings is 1. The number of nitrogens with zero attached hydrogens (tertiary/aromatic N) is 1. The molecule has 1 aromatic carbocycles. The summed E-state index contributed by atoms with van der Waals surface area (Å²) in [7, 11) is 0. The van der Waals surface area contributed by atoms with Crippen LogP contribution in [0.25, 0.3) is 0 Å². The number of amides is 1. The average molecular weight is 280 g/mol. The molecule has 2 N–H and O–H groups in total. The minimum atomic E-state index is -0.559. The molecule has 0 spiro atoms. The van der Waals surface area contributed by atoms with Gasteiger partial charge in [0.05, 0.1) is 6.04 Å². The molecule has 1 fully saturated rings. The van der Waals surface area contributed by atoms with Crippen LogP contribution in [0, 0.1) is 5.82 Å². The number of carbonyl (C=O) groups is 1. The van der Waals surface area contributed by atoms with Crippen LogP contribution in [0.1, 0.15) is 38.8 Å². The lowest BCUT2D eigenvalue weighted by atomic mass is 10.0. The first-order chi connectivity index (χ1) is 9.28. The van der Waals surface area contributed by atoms with Crippen LogP contribution in [0.4, 0.5) is 9.18 Å². The summed E-state index contributed by atoms with van der Waals surface area (Å²) in [5.74, 6) is -0.328. The molecule has 1 aromatic rings. The first-order valence-corrected chi connectivity index (χ1v) is 6.78. The summed E-state index contributed by atoms with van der Waals surface area (Å²) >= 11 is 0. The Morgan fingerprint density at radius 2 is 2.15 bits per heavy atom. The van der Waals surface area contributed by atoms with Crippen LogP contribution in [0.5, 0.6) is 0 Å². The van der Waals surface area contributed by atoms with E-state index in [4.69, 9.17) is 10.5 Å². The van der Waals surface area contributed by atoms with Crippen molar-refractivity contribution in [3.05, 3.63) is 35.6 Å². The molecule has 0 radical (unpaired) electrons. The molecule has 1 heterocycles. The van der Waals surface area contributed by atoms with Gasteiger partial charge in [0.15, 0.2) is 0 Å². The maximum atomic E-state index is 13.4. The molecule has 5 heteroatoms. The molecule has 0 aliphatic carbocycles. The second kappa shape index (κ2) is 5.40. The largest absolute Gasteiger partial charge is 0.444 e. The minimum Gasteiger partial charge on any atom is -0.444 e. The Morgan fingerprint density at radius 3 is 2.75 bits per heavy atom. The van der Waals surface area contributed by atoms with Crippen molar-refractivity contribution in [3.63, 3.8) is 0 Å². The van der Waals surface area contributed by atoms with Gasteiger partial charge < -0.3 is 10.5 Å². The smallest absolute Gasteiger partial charge is 0.410 e. The molecule has 1 amide bonds. The molecule has 0 aromatic heterocycles. The van der Waals surface area contributed by atoms with E-state index in [0.29, 0.717) is 18.5 Å². The van der Waals surface area contributed by atoms with E-state index in [0.717, 1.165) is 0 Å². The first-order valence-electron chi connectivity index (χ1n) is 6.78. The van der Waals surface area contributed by atoms with Crippen LogP contribution in [0.15, 0.2) is 24.3 Å². The van der Waals surface area contributed by atoms with E-state index >= 15 is 0 Å². The fourth-order valence-corrected chi connectivity index (χ4v) is 2.46. The van der Waals surface area contributed by atoms with E-state index in [1.54, 1.807) is 17.0 Å². The molecule has 1 saturated heterocycles. The van der Waals surface area contributed by atoms with Gasteiger partial charge in [-0.25, -0.2) is 9.18 Å². The zero-order valence-electron chi connectivity index (χ0n) is 12.1. The molecule has 2 rings (SSSR count). The van der Waals surface area contributed by atoms with E-state index in [9.17, 15) is 9.18 Å². The van der Waals surface area contributed by atoms with Gasteiger partial charge in [0.25, 0.3) is 0 Å². The van der Waals surface area contributed by atoms with Gasteiger partial charge in [-0.05, 0) is 44.9 Å². The SMILES string of the molecule is CC(C)(C)OC(=O)N1CC[C@@H](N)[C@@H]1c1cccc(F)c1. The van der Waals surface area contributed by atoms with Crippen molar-refractivity contribution in [1.82, 2.24) is 4.90 Å². The van der Waals surface area contributed by atoms with E-state index in [2.05, 4.69) is 0 Å². The third kappa shape index (κ3) is 3.28. The van der Waals surface area contributed by atoms with Crippen molar-refractivity contribution in [2.24, 2.45) is 5.73 Å². The van der Waals surface area contributed by atoms with E-state index in [-0.39, 0.29) is 17.9 Å². The van der Waals surface area contributed by atoms with Crippen molar-refractivity contribution < 1.29 is 13.9 Å². The van der Waals surface area contributed by atoms with Crippen molar-refractivity contribution >= 4 is 6.09 Å². The standard InChI is InChI=1S/C15H21FN2O2/c1-15(2,3)20-14(19)18-8-7-12(17)13(18)10-5-4-6-11(16)9-10/h4-6,9,12-13H,7-8,17H2,1-3H3/t12-,13+/m1/s1. The van der Waals surface area contributed by atoms with E-state index in [1.165, 1.54) is 12.1 Å². The molecule has 20 heavy (non-hydrogen) atoms. The lowest BCUT2D eigenvalue weighted by Crippen LogP contribution is -2.39. The van der Waals surface area contributed by atoms with Crippen molar-refractivity contribution in [2.75, 3.05) is 6.54 Å². The summed E-state index contributed by atoms with van der Waals surface area (Å²) in [6.45, 7) is 5.98. The first kappa shape index (κ1) is 14.8. The van der Waals surface area contributed by atoms with Gasteiger partial charge in [-0.3, -0.25) is 4.90 Å². The van der Waals surface area contributed by atoms with Gasteiger partial charge >= 0.3 is 6.09 Å². The quantitative estimate of drug-likeness (QED) is 0.860. The summed E-state index contributed by atoms with van der Waals surface area (Å²) in [6, 6.07) is 5.68. The molecule has 1 aliphatic rings. The van der Waals surface area contributed by atoms with Crippen LogP contribution in [-0.2, 0) is 4.74 Å². The number of hydrogen-bond donors (Lipinski definition) is 1. The van der Waals surface area contributed by atoms with Crippen LogP contribution in [0.3, 0.4) is 0 Å². The number of carbonyl (C=O) groups excluding carboxylic acids is 1. The molecular formula is C15H21FN2O2. The highest BCUT2D eigenvalue weighted by Gasteiger charge is 2.38. The van der Waals surface area contributed by atoms with Crippen LogP contribution < -0.4 is 5.73 Å². The number of likely N-dealkylation sites (tertiary alicyclic amines) is 1. The van der Waals surface area contributed by atoms with E-state index in [1.807, 2.05) is 20.8 Å². The maximum Gasteiger partial charge on any atom is 0.410 e. The van der Waals surface area contributed by atoms with Gasteiger partial charge in [0.1, 0.15) is 11.4 Å². The van der Waals surface area contributed by atoms with Gasteiger partial charge in [-0.1, -0.05) is 12.1 Å². The molecule has 0 unspecified atom stereocenters. The summed E-state index contributed by atoms with van der Waals surface area (Å²) in [5.41, 5.74) is 6.23. The monoisotopic (exact) mass is 280 g/mol. The Kier molecular flexibility index (Phi) is 3.99. The van der Waals surface area contributed by atoms with Gasteiger partial charge in [-0.15, -0.1) is 0 Å². The molecular weight excluding hydrogens is 259 g/mol. The average Bonchev–Trinajstić information content (AvgIpc) is 2.69. The molecule has 0 saturated carbocycles. The van der Waals surface area contributed by atoms with Crippen molar-refractivity contribution in [2.45, 2.75) is 44.9 Å². The molecule has 1 aliphatic heterocycles. The zero-order valence-corrected chi connectivity index (χ0v) is 12.1.